The molecule has 1 fully saturated rings. The van der Waals surface area contributed by atoms with E-state index in [0.717, 1.165) is 13.0 Å². The number of aliphatic hydroxyl groups is 1. The summed E-state index contributed by atoms with van der Waals surface area (Å²) in [7, 11) is 0. The number of benzene rings is 1. The van der Waals surface area contributed by atoms with Crippen molar-refractivity contribution in [2.75, 3.05) is 6.54 Å². The minimum absolute atomic E-state index is 0.181. The fourth-order valence-corrected chi connectivity index (χ4v) is 2.24. The number of hydrogen-bond acceptors (Lipinski definition) is 2. The molecular formula is C16H21NO. The van der Waals surface area contributed by atoms with Crippen LogP contribution in [0.25, 0.3) is 6.08 Å². The molecule has 0 unspecified atom stereocenters. The Labute approximate surface area is 109 Å². The Bertz CT molecular complexity index is 410. The van der Waals surface area contributed by atoms with Crippen molar-refractivity contribution in [3.8, 4) is 0 Å². The maximum atomic E-state index is 9.79. The predicted molar refractivity (Wildman–Crippen MR) is 76.2 cm³/mol. The molecule has 18 heavy (non-hydrogen) atoms. The molecule has 0 aromatic heterocycles. The lowest BCUT2D eigenvalue weighted by atomic mass is 9.89. The number of aliphatic hydroxyl groups excluding tert-OH is 1. The molecule has 0 saturated carbocycles. The topological polar surface area (TPSA) is 32.3 Å². The lowest BCUT2D eigenvalue weighted by Crippen LogP contribution is -2.46. The van der Waals surface area contributed by atoms with Crippen LogP contribution in [-0.4, -0.2) is 23.8 Å². The highest BCUT2D eigenvalue weighted by Crippen LogP contribution is 2.17. The molecule has 2 rings (SSSR count). The number of hydrogen-bond donors (Lipinski definition) is 2. The summed E-state index contributed by atoms with van der Waals surface area (Å²) in [5.41, 5.74) is 1.20. The van der Waals surface area contributed by atoms with Crippen LogP contribution in [0.5, 0.6) is 0 Å². The van der Waals surface area contributed by atoms with Crippen LogP contribution in [0.2, 0.25) is 0 Å². The van der Waals surface area contributed by atoms with E-state index in [2.05, 4.69) is 42.6 Å². The van der Waals surface area contributed by atoms with E-state index < -0.39 is 0 Å². The van der Waals surface area contributed by atoms with Gasteiger partial charge in [0.25, 0.3) is 0 Å². The van der Waals surface area contributed by atoms with Crippen molar-refractivity contribution < 1.29 is 5.11 Å². The molecule has 1 aromatic carbocycles. The van der Waals surface area contributed by atoms with Crippen LogP contribution in [-0.2, 0) is 0 Å². The molecule has 0 bridgehead atoms. The second kappa shape index (κ2) is 6.53. The van der Waals surface area contributed by atoms with Crippen LogP contribution in [0.4, 0.5) is 0 Å². The van der Waals surface area contributed by atoms with Gasteiger partial charge in [0, 0.05) is 12.0 Å². The molecule has 3 atom stereocenters. The Balaban J connectivity index is 1.89. The Kier molecular flexibility index (Phi) is 4.73. The molecule has 1 aliphatic rings. The molecule has 2 heteroatoms. The largest absolute Gasteiger partial charge is 0.393 e. The van der Waals surface area contributed by atoms with Gasteiger partial charge in [-0.3, -0.25) is 0 Å². The van der Waals surface area contributed by atoms with Crippen LogP contribution in [0.3, 0.4) is 0 Å². The van der Waals surface area contributed by atoms with Gasteiger partial charge in [-0.1, -0.05) is 61.6 Å². The van der Waals surface area contributed by atoms with Gasteiger partial charge in [-0.2, -0.15) is 0 Å². The van der Waals surface area contributed by atoms with Crippen molar-refractivity contribution >= 4 is 6.08 Å². The quantitative estimate of drug-likeness (QED) is 0.800. The van der Waals surface area contributed by atoms with Crippen molar-refractivity contribution in [1.82, 2.24) is 5.32 Å². The van der Waals surface area contributed by atoms with Gasteiger partial charge >= 0.3 is 0 Å². The molecule has 1 saturated heterocycles. The van der Waals surface area contributed by atoms with Crippen molar-refractivity contribution in [1.29, 1.82) is 0 Å². The van der Waals surface area contributed by atoms with Gasteiger partial charge < -0.3 is 10.4 Å². The third-order valence-corrected chi connectivity index (χ3v) is 3.51. The molecule has 0 amide bonds. The lowest BCUT2D eigenvalue weighted by Gasteiger charge is -2.32. The number of rotatable bonds is 3. The van der Waals surface area contributed by atoms with E-state index >= 15 is 0 Å². The minimum Gasteiger partial charge on any atom is -0.393 e. The van der Waals surface area contributed by atoms with Crippen LogP contribution in [0.15, 0.2) is 48.6 Å². The molecule has 1 heterocycles. The van der Waals surface area contributed by atoms with E-state index in [1.54, 1.807) is 0 Å². The number of nitrogens with one attached hydrogen (secondary N) is 1. The lowest BCUT2D eigenvalue weighted by molar-refractivity contribution is 0.0726. The standard InChI is InChI=1S/C16H21NO/c1-13-15(17-12-11-16(13)18)10-6-5-9-14-7-3-2-4-8-14/h2-10,13,15-18H,11-12H2,1H3/t13-,15-,16+/m1/s1. The summed E-state index contributed by atoms with van der Waals surface area (Å²) in [5, 5.41) is 13.2. The highest BCUT2D eigenvalue weighted by molar-refractivity contribution is 5.50. The van der Waals surface area contributed by atoms with E-state index in [1.165, 1.54) is 5.56 Å². The maximum Gasteiger partial charge on any atom is 0.0595 e. The van der Waals surface area contributed by atoms with Crippen molar-refractivity contribution in [2.45, 2.75) is 25.5 Å². The average molecular weight is 243 g/mol. The third-order valence-electron chi connectivity index (χ3n) is 3.51. The molecule has 96 valence electrons. The predicted octanol–water partition coefficient (Wildman–Crippen LogP) is 2.61. The van der Waals surface area contributed by atoms with E-state index in [9.17, 15) is 5.11 Å². The SMILES string of the molecule is C[C@H]1[C@@H](O)CCN[C@@H]1C=CC=Cc1ccccc1. The van der Waals surface area contributed by atoms with Crippen LogP contribution in [0.1, 0.15) is 18.9 Å². The highest BCUT2D eigenvalue weighted by atomic mass is 16.3. The Hall–Kier alpha value is -1.38. The molecule has 0 radical (unpaired) electrons. The summed E-state index contributed by atoms with van der Waals surface area (Å²) in [6.07, 6.45) is 8.99. The fourth-order valence-electron chi connectivity index (χ4n) is 2.24. The zero-order chi connectivity index (χ0) is 12.8. The van der Waals surface area contributed by atoms with E-state index in [0.29, 0.717) is 0 Å². The molecule has 1 aliphatic heterocycles. The van der Waals surface area contributed by atoms with Crippen molar-refractivity contribution in [3.63, 3.8) is 0 Å². The van der Waals surface area contributed by atoms with Gasteiger partial charge in [0.15, 0.2) is 0 Å². The fraction of sp³-hybridized carbons (Fsp3) is 0.375. The second-order valence-corrected chi connectivity index (χ2v) is 4.85. The third kappa shape index (κ3) is 3.56. The van der Waals surface area contributed by atoms with E-state index in [-0.39, 0.29) is 18.1 Å². The smallest absolute Gasteiger partial charge is 0.0595 e. The summed E-state index contributed by atoms with van der Waals surface area (Å²) in [4.78, 5) is 0. The van der Waals surface area contributed by atoms with E-state index in [1.807, 2.05) is 24.3 Å². The molecule has 2 nitrogen and oxygen atoms in total. The van der Waals surface area contributed by atoms with Crippen LogP contribution >= 0.6 is 0 Å². The molecule has 0 spiro atoms. The van der Waals surface area contributed by atoms with E-state index in [4.69, 9.17) is 0 Å². The Morgan fingerprint density at radius 2 is 2.00 bits per heavy atom. The van der Waals surface area contributed by atoms with Gasteiger partial charge in [-0.15, -0.1) is 0 Å². The van der Waals surface area contributed by atoms with Crippen molar-refractivity contribution in [2.24, 2.45) is 5.92 Å². The Morgan fingerprint density at radius 1 is 1.22 bits per heavy atom. The normalized spacial score (nSPS) is 29.1. The highest BCUT2D eigenvalue weighted by Gasteiger charge is 2.25. The van der Waals surface area contributed by atoms with Gasteiger partial charge in [0.05, 0.1) is 6.10 Å². The zero-order valence-corrected chi connectivity index (χ0v) is 10.8. The van der Waals surface area contributed by atoms with Crippen LogP contribution < -0.4 is 5.32 Å². The summed E-state index contributed by atoms with van der Waals surface area (Å²) in [6, 6.07) is 10.5. The molecule has 0 aliphatic carbocycles. The summed E-state index contributed by atoms with van der Waals surface area (Å²) >= 11 is 0. The maximum absolute atomic E-state index is 9.79. The number of allylic oxidation sites excluding steroid dienone is 2. The van der Waals surface area contributed by atoms with Gasteiger partial charge in [0.2, 0.25) is 0 Å². The summed E-state index contributed by atoms with van der Waals surface area (Å²) in [5.74, 6) is 0.278. The monoisotopic (exact) mass is 243 g/mol. The van der Waals surface area contributed by atoms with Gasteiger partial charge in [-0.25, -0.2) is 0 Å². The van der Waals surface area contributed by atoms with Gasteiger partial charge in [0.1, 0.15) is 0 Å². The van der Waals surface area contributed by atoms with Crippen LogP contribution in [0, 0.1) is 5.92 Å². The molecule has 2 N–H and O–H groups in total. The molecule has 1 aromatic rings. The summed E-state index contributed by atoms with van der Waals surface area (Å²) < 4.78 is 0. The first-order chi connectivity index (χ1) is 8.77. The van der Waals surface area contributed by atoms with Gasteiger partial charge in [-0.05, 0) is 18.5 Å². The zero-order valence-electron chi connectivity index (χ0n) is 10.8. The Morgan fingerprint density at radius 3 is 2.78 bits per heavy atom. The first kappa shape index (κ1) is 13.1. The molecular weight excluding hydrogens is 222 g/mol. The summed E-state index contributed by atoms with van der Waals surface area (Å²) in [6.45, 7) is 2.98. The first-order valence-electron chi connectivity index (χ1n) is 6.59. The van der Waals surface area contributed by atoms with Crippen molar-refractivity contribution in [3.05, 3.63) is 54.1 Å². The second-order valence-electron chi connectivity index (χ2n) is 4.85. The number of piperidine rings is 1. The average Bonchev–Trinajstić information content (AvgIpc) is 2.40. The first-order valence-corrected chi connectivity index (χ1v) is 6.59. The minimum atomic E-state index is -0.181.